The van der Waals surface area contributed by atoms with E-state index in [2.05, 4.69) is 266 Å². The molecule has 0 radical (unpaired) electrons. The molecule has 1 unspecified atom stereocenters. The largest absolute Gasteiger partial charge is 0.310 e. The minimum atomic E-state index is -0.528. The first kappa shape index (κ1) is 38.9. The summed E-state index contributed by atoms with van der Waals surface area (Å²) in [6.07, 6.45) is 0. The molecule has 12 aromatic rings. The number of rotatable bonds is 4. The molecule has 2 spiro atoms. The molecule has 0 amide bonds. The van der Waals surface area contributed by atoms with Crippen molar-refractivity contribution < 1.29 is 0 Å². The number of anilines is 3. The summed E-state index contributed by atoms with van der Waals surface area (Å²) in [5, 5.41) is 5.11. The van der Waals surface area contributed by atoms with Gasteiger partial charge in [0.05, 0.1) is 10.8 Å². The lowest BCUT2D eigenvalue weighted by atomic mass is 9.69. The van der Waals surface area contributed by atoms with Crippen LogP contribution in [0.5, 0.6) is 0 Å². The van der Waals surface area contributed by atoms with Gasteiger partial charge in [-0.25, -0.2) is 0 Å². The van der Waals surface area contributed by atoms with E-state index >= 15 is 0 Å². The van der Waals surface area contributed by atoms with Crippen molar-refractivity contribution in [2.45, 2.75) is 10.8 Å². The van der Waals surface area contributed by atoms with Gasteiger partial charge in [-0.05, 0) is 158 Å². The monoisotopic (exact) mass is 897 g/mol. The van der Waals surface area contributed by atoms with Crippen LogP contribution in [0.25, 0.3) is 77.2 Å². The molecule has 1 heteroatoms. The summed E-state index contributed by atoms with van der Waals surface area (Å²) in [5.41, 5.74) is 25.9. The molecule has 1 nitrogen and oxygen atoms in total. The summed E-state index contributed by atoms with van der Waals surface area (Å²) in [4.78, 5) is 2.53. The summed E-state index contributed by atoms with van der Waals surface area (Å²) in [7, 11) is 0. The Hall–Kier alpha value is -9.04. The molecule has 4 aliphatic carbocycles. The standard InChI is InChI=1S/C70H43N/c1-2-16-44(17-3-1)45-30-34-48(35-31-45)71(49-36-39-57-55-24-10-14-28-62(55)70(65(57)42-49)63-29-15-11-25-56(63)58-38-32-47-19-5-7-21-52(47)68(58)70)50-37-40-59-66(43-50)69(64-41-33-46-18-4-6-20-51(46)67(59)64)60-26-12-8-22-53(60)54-23-9-13-27-61(54)69/h1-43H. The second-order valence-electron chi connectivity index (χ2n) is 19.8. The van der Waals surface area contributed by atoms with E-state index in [1.165, 1.54) is 122 Å². The fourth-order valence-corrected chi connectivity index (χ4v) is 14.0. The normalized spacial score (nSPS) is 15.5. The van der Waals surface area contributed by atoms with Crippen LogP contribution in [0.15, 0.2) is 261 Å². The Balaban J connectivity index is 0.985. The van der Waals surface area contributed by atoms with Crippen LogP contribution in [0, 0.1) is 0 Å². The summed E-state index contributed by atoms with van der Waals surface area (Å²) in [6, 6.07) is 98.6. The minimum Gasteiger partial charge on any atom is -0.310 e. The van der Waals surface area contributed by atoms with Crippen LogP contribution in [0.3, 0.4) is 0 Å². The van der Waals surface area contributed by atoms with Gasteiger partial charge in [-0.3, -0.25) is 0 Å². The average molecular weight is 898 g/mol. The topological polar surface area (TPSA) is 3.24 Å². The minimum absolute atomic E-state index is 0.511. The fourth-order valence-electron chi connectivity index (χ4n) is 14.0. The second-order valence-corrected chi connectivity index (χ2v) is 19.8. The Bertz CT molecular complexity index is 4180. The molecule has 12 aromatic carbocycles. The van der Waals surface area contributed by atoms with E-state index in [-0.39, 0.29) is 0 Å². The molecule has 0 N–H and O–H groups in total. The molecule has 0 saturated heterocycles. The summed E-state index contributed by atoms with van der Waals surface area (Å²) >= 11 is 0. The van der Waals surface area contributed by atoms with Gasteiger partial charge in [0.25, 0.3) is 0 Å². The van der Waals surface area contributed by atoms with Crippen LogP contribution in [0.1, 0.15) is 44.5 Å². The molecule has 71 heavy (non-hydrogen) atoms. The zero-order chi connectivity index (χ0) is 46.4. The van der Waals surface area contributed by atoms with Gasteiger partial charge >= 0.3 is 0 Å². The first-order chi connectivity index (χ1) is 35.2. The lowest BCUT2D eigenvalue weighted by Crippen LogP contribution is -2.27. The Morgan fingerprint density at radius 2 is 0.662 bits per heavy atom. The lowest BCUT2D eigenvalue weighted by Gasteiger charge is -2.34. The maximum absolute atomic E-state index is 2.54. The van der Waals surface area contributed by atoms with Crippen molar-refractivity contribution in [1.29, 1.82) is 0 Å². The molecule has 0 aromatic heterocycles. The highest BCUT2D eigenvalue weighted by Gasteiger charge is 2.54. The number of hydrogen-bond acceptors (Lipinski definition) is 1. The smallest absolute Gasteiger partial charge is 0.0732 e. The quantitative estimate of drug-likeness (QED) is 0.170. The Morgan fingerprint density at radius 1 is 0.239 bits per heavy atom. The molecular weight excluding hydrogens is 855 g/mol. The summed E-state index contributed by atoms with van der Waals surface area (Å²) in [5.74, 6) is 0. The zero-order valence-corrected chi connectivity index (χ0v) is 38.8. The second kappa shape index (κ2) is 14.3. The van der Waals surface area contributed by atoms with Crippen molar-refractivity contribution in [3.63, 3.8) is 0 Å². The van der Waals surface area contributed by atoms with E-state index in [1.54, 1.807) is 0 Å². The van der Waals surface area contributed by atoms with Crippen molar-refractivity contribution in [1.82, 2.24) is 0 Å². The van der Waals surface area contributed by atoms with E-state index in [0.717, 1.165) is 17.1 Å². The molecule has 0 aliphatic heterocycles. The molecule has 0 bridgehead atoms. The predicted molar refractivity (Wildman–Crippen MR) is 294 cm³/mol. The maximum Gasteiger partial charge on any atom is 0.0732 e. The van der Waals surface area contributed by atoms with E-state index in [0.29, 0.717) is 0 Å². The van der Waals surface area contributed by atoms with Crippen molar-refractivity contribution in [3.8, 4) is 55.6 Å². The fraction of sp³-hybridized carbons (Fsp3) is 0.0286. The zero-order valence-electron chi connectivity index (χ0n) is 38.8. The Morgan fingerprint density at radius 3 is 1.30 bits per heavy atom. The molecule has 16 rings (SSSR count). The third kappa shape index (κ3) is 4.95. The third-order valence-electron chi connectivity index (χ3n) is 16.7. The van der Waals surface area contributed by atoms with Gasteiger partial charge in [0.1, 0.15) is 0 Å². The van der Waals surface area contributed by atoms with E-state index in [4.69, 9.17) is 0 Å². The highest BCUT2D eigenvalue weighted by molar-refractivity contribution is 6.08. The van der Waals surface area contributed by atoms with Crippen LogP contribution < -0.4 is 4.90 Å². The predicted octanol–water partition coefficient (Wildman–Crippen LogP) is 17.8. The van der Waals surface area contributed by atoms with Gasteiger partial charge < -0.3 is 4.90 Å². The van der Waals surface area contributed by atoms with E-state index < -0.39 is 10.8 Å². The molecular formula is C70H43N. The molecule has 0 heterocycles. The Kier molecular flexibility index (Phi) is 7.81. The van der Waals surface area contributed by atoms with Crippen molar-refractivity contribution >= 4 is 38.6 Å². The molecule has 1 atom stereocenters. The number of benzene rings is 12. The van der Waals surface area contributed by atoms with Gasteiger partial charge in [0.2, 0.25) is 0 Å². The number of nitrogens with zero attached hydrogens (tertiary/aromatic N) is 1. The average Bonchev–Trinajstić information content (AvgIpc) is 4.13. The van der Waals surface area contributed by atoms with Gasteiger partial charge in [-0.1, -0.05) is 224 Å². The molecule has 0 saturated carbocycles. The van der Waals surface area contributed by atoms with E-state index in [9.17, 15) is 0 Å². The number of fused-ring (bicyclic) bond motifs is 24. The molecule has 0 fully saturated rings. The summed E-state index contributed by atoms with van der Waals surface area (Å²) < 4.78 is 0. The van der Waals surface area contributed by atoms with Gasteiger partial charge in [0.15, 0.2) is 0 Å². The highest BCUT2D eigenvalue weighted by atomic mass is 15.1. The van der Waals surface area contributed by atoms with Gasteiger partial charge in [0, 0.05) is 17.1 Å². The molecule has 328 valence electrons. The Labute approximate surface area is 413 Å². The SMILES string of the molecule is c1ccc(-c2ccc(N(c3ccc4c(c3)C3(c5ccccc5-c5ccccc53)c3ccc5ccccc5c3-4)c3ccc4c(c3)C3(c5ccccc5-4)c4ccccc4-c4ccc5ccccc5c43)cc2)cc1. The first-order valence-electron chi connectivity index (χ1n) is 24.9. The van der Waals surface area contributed by atoms with E-state index in [1.807, 2.05) is 0 Å². The van der Waals surface area contributed by atoms with Crippen molar-refractivity contribution in [2.75, 3.05) is 4.90 Å². The lowest BCUT2D eigenvalue weighted by molar-refractivity contribution is 0.794. The maximum atomic E-state index is 2.54. The van der Waals surface area contributed by atoms with Crippen molar-refractivity contribution in [2.24, 2.45) is 0 Å². The molecule has 4 aliphatic rings. The first-order valence-corrected chi connectivity index (χ1v) is 24.9. The van der Waals surface area contributed by atoms with Crippen LogP contribution in [0.2, 0.25) is 0 Å². The van der Waals surface area contributed by atoms with Crippen LogP contribution in [-0.4, -0.2) is 0 Å². The summed E-state index contributed by atoms with van der Waals surface area (Å²) in [6.45, 7) is 0. The third-order valence-corrected chi connectivity index (χ3v) is 16.7. The van der Waals surface area contributed by atoms with Gasteiger partial charge in [-0.2, -0.15) is 0 Å². The van der Waals surface area contributed by atoms with Crippen LogP contribution in [0.4, 0.5) is 17.1 Å². The van der Waals surface area contributed by atoms with Crippen LogP contribution in [-0.2, 0) is 10.8 Å². The highest BCUT2D eigenvalue weighted by Crippen LogP contribution is 2.66. The van der Waals surface area contributed by atoms with Crippen molar-refractivity contribution in [3.05, 3.63) is 305 Å². The van der Waals surface area contributed by atoms with Crippen LogP contribution >= 0.6 is 0 Å². The van der Waals surface area contributed by atoms with Gasteiger partial charge in [-0.15, -0.1) is 0 Å². The number of hydrogen-bond donors (Lipinski definition) is 0.